The number of nitrogens with two attached hydrogens (primary N) is 1. The van der Waals surface area contributed by atoms with Crippen molar-refractivity contribution >= 4 is 51.0 Å². The number of nitrogen functional groups attached to an aromatic ring is 1. The van der Waals surface area contributed by atoms with E-state index in [0.717, 1.165) is 27.0 Å². The number of nitrogens with one attached hydrogen (secondary N) is 1. The highest BCUT2D eigenvalue weighted by atomic mass is 35.5. The number of aryl methyl sites for hydroxylation is 2. The molecule has 0 radical (unpaired) electrons. The van der Waals surface area contributed by atoms with Gasteiger partial charge in [0.15, 0.2) is 0 Å². The molecule has 1 aromatic carbocycles. The van der Waals surface area contributed by atoms with Gasteiger partial charge in [0, 0.05) is 21.7 Å². The van der Waals surface area contributed by atoms with Crippen molar-refractivity contribution < 1.29 is 4.79 Å². The first-order valence-corrected chi connectivity index (χ1v) is 8.41. The number of benzene rings is 1. The van der Waals surface area contributed by atoms with Gasteiger partial charge in [-0.25, -0.2) is 10.4 Å². The Hall–Kier alpha value is -2.44. The third kappa shape index (κ3) is 3.11. The summed E-state index contributed by atoms with van der Waals surface area (Å²) in [7, 11) is 0. The topological polar surface area (TPSA) is 80.4 Å². The molecule has 122 valence electrons. The number of hydrazone groups is 1. The number of fused-ring (bicyclic) bond motifs is 1. The lowest BCUT2D eigenvalue weighted by molar-refractivity contribution is 0.0960. The zero-order valence-corrected chi connectivity index (χ0v) is 14.7. The van der Waals surface area contributed by atoms with Gasteiger partial charge in [-0.2, -0.15) is 5.10 Å². The summed E-state index contributed by atoms with van der Waals surface area (Å²) in [4.78, 5) is 18.0. The minimum Gasteiger partial charge on any atom is -0.397 e. The van der Waals surface area contributed by atoms with E-state index in [4.69, 9.17) is 17.3 Å². The van der Waals surface area contributed by atoms with E-state index in [9.17, 15) is 4.79 Å². The van der Waals surface area contributed by atoms with Crippen LogP contribution in [0.15, 0.2) is 35.4 Å². The molecular weight excluding hydrogens is 344 g/mol. The maximum absolute atomic E-state index is 12.4. The summed E-state index contributed by atoms with van der Waals surface area (Å²) in [6.07, 6.45) is 1.50. The van der Waals surface area contributed by atoms with Gasteiger partial charge in [0.25, 0.3) is 5.91 Å². The van der Waals surface area contributed by atoms with Crippen LogP contribution in [-0.2, 0) is 0 Å². The molecule has 0 bridgehead atoms. The zero-order valence-electron chi connectivity index (χ0n) is 13.1. The highest BCUT2D eigenvalue weighted by Gasteiger charge is 2.18. The molecule has 3 N–H and O–H groups in total. The lowest BCUT2D eigenvalue weighted by Crippen LogP contribution is -2.17. The van der Waals surface area contributed by atoms with Crippen LogP contribution in [0, 0.1) is 13.8 Å². The molecule has 0 fully saturated rings. The molecule has 1 amide bonds. The summed E-state index contributed by atoms with van der Waals surface area (Å²) in [6.45, 7) is 3.87. The summed E-state index contributed by atoms with van der Waals surface area (Å²) in [6, 6.07) is 9.18. The Balaban J connectivity index is 1.86. The number of carbonyl (C=O) groups is 1. The van der Waals surface area contributed by atoms with Gasteiger partial charge >= 0.3 is 0 Å². The molecule has 2 aromatic heterocycles. The standard InChI is InChI=1S/C17H15ClN4OS/c1-9-7-10(2)21-17-13(9)14(19)15(24-17)16(23)22-20-8-11-5-3-4-6-12(11)18/h3-8H,19H2,1-2H3,(H,22,23). The van der Waals surface area contributed by atoms with Crippen LogP contribution in [0.3, 0.4) is 0 Å². The number of thiophene rings is 1. The van der Waals surface area contributed by atoms with E-state index in [1.165, 1.54) is 17.6 Å². The number of hydrogen-bond donors (Lipinski definition) is 2. The Kier molecular flexibility index (Phi) is 4.51. The first-order valence-electron chi connectivity index (χ1n) is 7.21. The predicted octanol–water partition coefficient (Wildman–Crippen LogP) is 3.91. The first-order chi connectivity index (χ1) is 11.5. The third-order valence-electron chi connectivity index (χ3n) is 3.51. The van der Waals surface area contributed by atoms with Crippen molar-refractivity contribution in [1.82, 2.24) is 10.4 Å². The Labute approximate surface area is 148 Å². The number of nitrogens with zero attached hydrogens (tertiary/aromatic N) is 2. The van der Waals surface area contributed by atoms with E-state index in [2.05, 4.69) is 15.5 Å². The second-order valence-electron chi connectivity index (χ2n) is 5.33. The molecule has 3 rings (SSSR count). The van der Waals surface area contributed by atoms with Crippen LogP contribution in [0.25, 0.3) is 10.2 Å². The van der Waals surface area contributed by atoms with E-state index in [1.54, 1.807) is 6.07 Å². The fraction of sp³-hybridized carbons (Fsp3) is 0.118. The number of pyridine rings is 1. The van der Waals surface area contributed by atoms with Crippen LogP contribution < -0.4 is 11.2 Å². The molecular formula is C17H15ClN4OS. The van der Waals surface area contributed by atoms with E-state index in [0.29, 0.717) is 15.6 Å². The van der Waals surface area contributed by atoms with E-state index >= 15 is 0 Å². The van der Waals surface area contributed by atoms with Crippen molar-refractivity contribution in [2.24, 2.45) is 5.10 Å². The molecule has 0 atom stereocenters. The summed E-state index contributed by atoms with van der Waals surface area (Å²) < 4.78 is 0. The second kappa shape index (κ2) is 6.59. The largest absolute Gasteiger partial charge is 0.397 e. The second-order valence-corrected chi connectivity index (χ2v) is 6.73. The third-order valence-corrected chi connectivity index (χ3v) is 4.95. The Morgan fingerprint density at radius 3 is 2.88 bits per heavy atom. The normalized spacial score (nSPS) is 11.3. The fourth-order valence-electron chi connectivity index (χ4n) is 2.43. The number of halogens is 1. The zero-order chi connectivity index (χ0) is 17.3. The van der Waals surface area contributed by atoms with E-state index < -0.39 is 0 Å². The number of hydrogen-bond acceptors (Lipinski definition) is 5. The Morgan fingerprint density at radius 1 is 1.38 bits per heavy atom. The average Bonchev–Trinajstić information content (AvgIpc) is 2.86. The van der Waals surface area contributed by atoms with Gasteiger partial charge < -0.3 is 5.73 Å². The lowest BCUT2D eigenvalue weighted by Gasteiger charge is -2.00. The van der Waals surface area contributed by atoms with Gasteiger partial charge in [0.05, 0.1) is 11.9 Å². The van der Waals surface area contributed by atoms with Crippen LogP contribution in [0.5, 0.6) is 0 Å². The first kappa shape index (κ1) is 16.4. The maximum atomic E-state index is 12.4. The van der Waals surface area contributed by atoms with Gasteiger partial charge in [-0.05, 0) is 31.5 Å². The van der Waals surface area contributed by atoms with Gasteiger partial charge in [0.1, 0.15) is 9.71 Å². The Morgan fingerprint density at radius 2 is 2.12 bits per heavy atom. The van der Waals surface area contributed by atoms with Crippen LogP contribution in [-0.4, -0.2) is 17.1 Å². The van der Waals surface area contributed by atoms with Gasteiger partial charge in [0.2, 0.25) is 0 Å². The van der Waals surface area contributed by atoms with Crippen molar-refractivity contribution in [3.8, 4) is 0 Å². The maximum Gasteiger partial charge on any atom is 0.283 e. The van der Waals surface area contributed by atoms with E-state index in [-0.39, 0.29) is 5.91 Å². The van der Waals surface area contributed by atoms with Gasteiger partial charge in [-0.1, -0.05) is 29.8 Å². The molecule has 0 aliphatic heterocycles. The molecule has 0 aliphatic rings. The number of amides is 1. The lowest BCUT2D eigenvalue weighted by atomic mass is 10.1. The van der Waals surface area contributed by atoms with Crippen molar-refractivity contribution in [3.63, 3.8) is 0 Å². The van der Waals surface area contributed by atoms with Gasteiger partial charge in [-0.3, -0.25) is 4.79 Å². The van der Waals surface area contributed by atoms with Crippen molar-refractivity contribution in [2.45, 2.75) is 13.8 Å². The van der Waals surface area contributed by atoms with Crippen LogP contribution in [0.4, 0.5) is 5.69 Å². The highest BCUT2D eigenvalue weighted by molar-refractivity contribution is 7.21. The minimum absolute atomic E-state index is 0.365. The smallest absolute Gasteiger partial charge is 0.283 e. The molecule has 0 spiro atoms. The Bertz CT molecular complexity index is 965. The monoisotopic (exact) mass is 358 g/mol. The minimum atomic E-state index is -0.365. The summed E-state index contributed by atoms with van der Waals surface area (Å²) in [5, 5.41) is 5.34. The van der Waals surface area contributed by atoms with Crippen LogP contribution in [0.2, 0.25) is 5.02 Å². The number of aromatic nitrogens is 1. The SMILES string of the molecule is Cc1cc(C)c2c(N)c(C(=O)NN=Cc3ccccc3Cl)sc2n1. The summed E-state index contributed by atoms with van der Waals surface area (Å²) in [5.74, 6) is -0.365. The molecule has 0 unspecified atom stereocenters. The molecule has 0 aliphatic carbocycles. The number of rotatable bonds is 3. The molecule has 0 saturated carbocycles. The average molecular weight is 359 g/mol. The summed E-state index contributed by atoms with van der Waals surface area (Å²) in [5.41, 5.74) is 11.7. The molecule has 7 heteroatoms. The van der Waals surface area contributed by atoms with E-state index in [1.807, 2.05) is 38.1 Å². The van der Waals surface area contributed by atoms with Crippen molar-refractivity contribution in [3.05, 3.63) is 57.1 Å². The van der Waals surface area contributed by atoms with Crippen molar-refractivity contribution in [1.29, 1.82) is 0 Å². The molecule has 2 heterocycles. The molecule has 24 heavy (non-hydrogen) atoms. The van der Waals surface area contributed by atoms with Crippen molar-refractivity contribution in [2.75, 3.05) is 5.73 Å². The molecule has 3 aromatic rings. The fourth-order valence-corrected chi connectivity index (χ4v) is 3.72. The highest BCUT2D eigenvalue weighted by Crippen LogP contribution is 2.34. The number of anilines is 1. The summed E-state index contributed by atoms with van der Waals surface area (Å²) >= 11 is 7.30. The predicted molar refractivity (Wildman–Crippen MR) is 100 cm³/mol. The van der Waals surface area contributed by atoms with Crippen LogP contribution >= 0.6 is 22.9 Å². The van der Waals surface area contributed by atoms with Crippen LogP contribution in [0.1, 0.15) is 26.5 Å². The number of carbonyl (C=O) groups excluding carboxylic acids is 1. The van der Waals surface area contributed by atoms with Gasteiger partial charge in [-0.15, -0.1) is 11.3 Å². The molecule has 5 nitrogen and oxygen atoms in total. The quantitative estimate of drug-likeness (QED) is 0.550. The molecule has 0 saturated heterocycles.